The topological polar surface area (TPSA) is 91.4 Å². The van der Waals surface area contributed by atoms with E-state index in [0.717, 1.165) is 41.8 Å². The van der Waals surface area contributed by atoms with Crippen LogP contribution in [0.5, 0.6) is 0 Å². The summed E-state index contributed by atoms with van der Waals surface area (Å²) in [6, 6.07) is 5.99. The molecule has 1 saturated carbocycles. The predicted octanol–water partition coefficient (Wildman–Crippen LogP) is 4.13. The molecule has 0 atom stereocenters. The van der Waals surface area contributed by atoms with Gasteiger partial charge in [-0.3, -0.25) is 14.5 Å². The van der Waals surface area contributed by atoms with E-state index in [9.17, 15) is 14.4 Å². The third-order valence-electron chi connectivity index (χ3n) is 7.07. The van der Waals surface area contributed by atoms with Crippen LogP contribution in [0.3, 0.4) is 0 Å². The predicted molar refractivity (Wildman–Crippen MR) is 123 cm³/mol. The minimum Gasteiger partial charge on any atom is -0.323 e. The number of anilines is 1. The zero-order valence-corrected chi connectivity index (χ0v) is 19.1. The number of benzene rings is 1. The van der Waals surface area contributed by atoms with E-state index in [1.807, 2.05) is 5.38 Å². The molecule has 2 aromatic rings. The van der Waals surface area contributed by atoms with Gasteiger partial charge in [0.1, 0.15) is 12.1 Å². The highest BCUT2D eigenvalue weighted by Gasteiger charge is 2.52. The normalized spacial score (nSPS) is 25.0. The first-order valence-electron chi connectivity index (χ1n) is 11.5. The summed E-state index contributed by atoms with van der Waals surface area (Å²) in [6.45, 7) is 1.86. The van der Waals surface area contributed by atoms with E-state index < -0.39 is 17.5 Å². The van der Waals surface area contributed by atoms with Crippen LogP contribution >= 0.6 is 11.3 Å². The van der Waals surface area contributed by atoms with Gasteiger partial charge in [-0.25, -0.2) is 9.78 Å². The van der Waals surface area contributed by atoms with Gasteiger partial charge in [0.15, 0.2) is 5.13 Å². The molecule has 0 bridgehead atoms. The Hall–Kier alpha value is -2.74. The average molecular weight is 453 g/mol. The van der Waals surface area contributed by atoms with Crippen molar-refractivity contribution in [2.45, 2.75) is 63.8 Å². The highest BCUT2D eigenvalue weighted by molar-refractivity contribution is 7.14. The van der Waals surface area contributed by atoms with Crippen LogP contribution in [0.2, 0.25) is 0 Å². The van der Waals surface area contributed by atoms with Crippen molar-refractivity contribution in [3.8, 4) is 11.3 Å². The first kappa shape index (κ1) is 21.1. The number of rotatable bonds is 4. The lowest BCUT2D eigenvalue weighted by Crippen LogP contribution is -2.49. The molecule has 1 aromatic heterocycles. The van der Waals surface area contributed by atoms with Crippen LogP contribution in [0.15, 0.2) is 23.6 Å². The second-order valence-corrected chi connectivity index (χ2v) is 10.2. The fraction of sp³-hybridized carbons (Fsp3) is 0.500. The fourth-order valence-electron chi connectivity index (χ4n) is 5.07. The molecule has 2 fully saturated rings. The number of nitrogens with zero attached hydrogens (tertiary/aromatic N) is 2. The first-order chi connectivity index (χ1) is 15.4. The fourth-order valence-corrected chi connectivity index (χ4v) is 5.81. The SMILES string of the molecule is CC1CCC2(CC1)NC(=O)N(CC(=O)Nc1nc(-c3ccc4c(c3)CCCC4)cs1)C2=O. The number of carbonyl (C=O) groups excluding carboxylic acids is 3. The molecule has 5 rings (SSSR count). The lowest BCUT2D eigenvalue weighted by molar-refractivity contribution is -0.135. The number of fused-ring (bicyclic) bond motifs is 1. The van der Waals surface area contributed by atoms with Crippen LogP contribution in [-0.2, 0) is 22.4 Å². The van der Waals surface area contributed by atoms with Gasteiger partial charge in [0, 0.05) is 10.9 Å². The van der Waals surface area contributed by atoms with E-state index in [-0.39, 0.29) is 12.5 Å². The lowest BCUT2D eigenvalue weighted by Gasteiger charge is -2.33. The summed E-state index contributed by atoms with van der Waals surface area (Å²) < 4.78 is 0. The summed E-state index contributed by atoms with van der Waals surface area (Å²) in [6.07, 6.45) is 7.77. The smallest absolute Gasteiger partial charge is 0.323 e. The number of hydrogen-bond donors (Lipinski definition) is 2. The van der Waals surface area contributed by atoms with Crippen molar-refractivity contribution in [3.63, 3.8) is 0 Å². The molecule has 3 aliphatic rings. The number of nitrogens with one attached hydrogen (secondary N) is 2. The number of aromatic nitrogens is 1. The van der Waals surface area contributed by atoms with Crippen molar-refractivity contribution in [2.24, 2.45) is 5.92 Å². The molecule has 1 saturated heterocycles. The van der Waals surface area contributed by atoms with Crippen molar-refractivity contribution < 1.29 is 14.4 Å². The zero-order valence-electron chi connectivity index (χ0n) is 18.3. The average Bonchev–Trinajstić information content (AvgIpc) is 3.34. The molecule has 8 heteroatoms. The Labute approximate surface area is 191 Å². The molecule has 32 heavy (non-hydrogen) atoms. The first-order valence-corrected chi connectivity index (χ1v) is 12.3. The van der Waals surface area contributed by atoms with Crippen molar-refractivity contribution in [2.75, 3.05) is 11.9 Å². The quantitative estimate of drug-likeness (QED) is 0.683. The Morgan fingerprint density at radius 3 is 2.75 bits per heavy atom. The monoisotopic (exact) mass is 452 g/mol. The van der Waals surface area contributed by atoms with Gasteiger partial charge in [-0.15, -0.1) is 11.3 Å². The molecule has 7 nitrogen and oxygen atoms in total. The highest BCUT2D eigenvalue weighted by Crippen LogP contribution is 2.36. The third-order valence-corrected chi connectivity index (χ3v) is 7.83. The molecule has 4 amide bonds. The van der Waals surface area contributed by atoms with Gasteiger partial charge >= 0.3 is 6.03 Å². The zero-order chi connectivity index (χ0) is 22.3. The van der Waals surface area contributed by atoms with E-state index in [4.69, 9.17) is 0 Å². The molecule has 168 valence electrons. The van der Waals surface area contributed by atoms with Gasteiger partial charge in [0.25, 0.3) is 5.91 Å². The van der Waals surface area contributed by atoms with Crippen molar-refractivity contribution in [3.05, 3.63) is 34.7 Å². The second-order valence-electron chi connectivity index (χ2n) is 9.36. The molecule has 1 aromatic carbocycles. The Kier molecular flexibility index (Phi) is 5.49. The number of amides is 4. The van der Waals surface area contributed by atoms with E-state index in [0.29, 0.717) is 23.9 Å². The van der Waals surface area contributed by atoms with Crippen LogP contribution in [0.4, 0.5) is 9.93 Å². The molecule has 0 unspecified atom stereocenters. The molecular formula is C24H28N4O3S. The summed E-state index contributed by atoms with van der Waals surface area (Å²) in [4.78, 5) is 43.6. The summed E-state index contributed by atoms with van der Waals surface area (Å²) in [5.74, 6) is -0.142. The molecular weight excluding hydrogens is 424 g/mol. The van der Waals surface area contributed by atoms with Gasteiger partial charge in [0.2, 0.25) is 5.91 Å². The maximum absolute atomic E-state index is 12.9. The van der Waals surface area contributed by atoms with Crippen LogP contribution in [0.1, 0.15) is 56.6 Å². The minimum absolute atomic E-state index is 0.279. The van der Waals surface area contributed by atoms with Crippen LogP contribution in [0, 0.1) is 5.92 Å². The summed E-state index contributed by atoms with van der Waals surface area (Å²) >= 11 is 1.34. The maximum Gasteiger partial charge on any atom is 0.325 e. The van der Waals surface area contributed by atoms with E-state index in [1.54, 1.807) is 0 Å². The van der Waals surface area contributed by atoms with Gasteiger partial charge in [-0.2, -0.15) is 0 Å². The number of carbonyl (C=O) groups is 3. The number of thiazole rings is 1. The molecule has 2 heterocycles. The largest absolute Gasteiger partial charge is 0.325 e. The minimum atomic E-state index is -0.829. The van der Waals surface area contributed by atoms with Crippen LogP contribution in [-0.4, -0.2) is 39.8 Å². The summed E-state index contributed by atoms with van der Waals surface area (Å²) in [5.41, 5.74) is 3.85. The standard InChI is InChI=1S/C24H28N4O3S/c1-15-8-10-24(11-9-15)21(30)28(23(31)27-24)13-20(29)26-22-25-19(14-32-22)18-7-6-16-4-2-3-5-17(16)12-18/h6-7,12,14-15H,2-5,8-11,13H2,1H3,(H,27,31)(H,25,26,29). The molecule has 2 aliphatic carbocycles. The molecule has 2 N–H and O–H groups in total. The van der Waals surface area contributed by atoms with Crippen molar-refractivity contribution in [1.82, 2.24) is 15.2 Å². The molecule has 1 spiro atoms. The maximum atomic E-state index is 12.9. The number of aryl methyl sites for hydroxylation is 2. The van der Waals surface area contributed by atoms with E-state index in [1.165, 1.54) is 35.3 Å². The van der Waals surface area contributed by atoms with Gasteiger partial charge in [-0.1, -0.05) is 19.1 Å². The van der Waals surface area contributed by atoms with Gasteiger partial charge in [-0.05, 0) is 74.5 Å². The lowest BCUT2D eigenvalue weighted by atomic mass is 9.77. The molecule has 1 aliphatic heterocycles. The van der Waals surface area contributed by atoms with E-state index >= 15 is 0 Å². The van der Waals surface area contributed by atoms with Gasteiger partial charge < -0.3 is 10.6 Å². The van der Waals surface area contributed by atoms with Crippen LogP contribution < -0.4 is 10.6 Å². The second kappa shape index (κ2) is 8.31. The number of urea groups is 1. The third kappa shape index (κ3) is 3.92. The summed E-state index contributed by atoms with van der Waals surface area (Å²) in [5, 5.41) is 8.00. The van der Waals surface area contributed by atoms with Crippen molar-refractivity contribution >= 4 is 34.3 Å². The van der Waals surface area contributed by atoms with E-state index in [2.05, 4.69) is 40.7 Å². The Morgan fingerprint density at radius 2 is 1.97 bits per heavy atom. The van der Waals surface area contributed by atoms with Gasteiger partial charge in [0.05, 0.1) is 5.69 Å². The molecule has 0 radical (unpaired) electrons. The Morgan fingerprint density at radius 1 is 1.22 bits per heavy atom. The number of imide groups is 1. The van der Waals surface area contributed by atoms with Crippen molar-refractivity contribution in [1.29, 1.82) is 0 Å². The number of hydrogen-bond acceptors (Lipinski definition) is 5. The summed E-state index contributed by atoms with van der Waals surface area (Å²) in [7, 11) is 0. The Balaban J connectivity index is 1.23. The van der Waals surface area contributed by atoms with Crippen LogP contribution in [0.25, 0.3) is 11.3 Å². The Bertz CT molecular complexity index is 1070. The highest BCUT2D eigenvalue weighted by atomic mass is 32.1.